The molecule has 29 heavy (non-hydrogen) atoms. The van der Waals surface area contributed by atoms with E-state index in [0.29, 0.717) is 11.8 Å². The number of hydrogen-bond donors (Lipinski definition) is 1. The minimum atomic E-state index is 0.568. The second-order valence-electron chi connectivity index (χ2n) is 7.57. The zero-order valence-corrected chi connectivity index (χ0v) is 17.0. The SMILES string of the molecule is Cc1cc(Oc2cccc(CN3CCCC3)c2)nc(NCCc2ccccc2)n1. The van der Waals surface area contributed by atoms with Gasteiger partial charge in [-0.3, -0.25) is 4.90 Å². The lowest BCUT2D eigenvalue weighted by atomic mass is 10.1. The second kappa shape index (κ2) is 9.52. The van der Waals surface area contributed by atoms with Gasteiger partial charge in [0, 0.05) is 24.8 Å². The molecular weight excluding hydrogens is 360 g/mol. The Labute approximate surface area is 172 Å². The summed E-state index contributed by atoms with van der Waals surface area (Å²) in [6.45, 7) is 6.09. The van der Waals surface area contributed by atoms with Crippen LogP contribution in [0.25, 0.3) is 0 Å². The summed E-state index contributed by atoms with van der Waals surface area (Å²) < 4.78 is 6.06. The number of anilines is 1. The van der Waals surface area contributed by atoms with Gasteiger partial charge >= 0.3 is 0 Å². The number of benzene rings is 2. The smallest absolute Gasteiger partial charge is 0.226 e. The maximum atomic E-state index is 6.06. The first-order valence-electron chi connectivity index (χ1n) is 10.4. The van der Waals surface area contributed by atoms with Gasteiger partial charge in [-0.25, -0.2) is 4.98 Å². The van der Waals surface area contributed by atoms with Crippen LogP contribution in [0.3, 0.4) is 0 Å². The molecule has 5 nitrogen and oxygen atoms in total. The van der Waals surface area contributed by atoms with Crippen LogP contribution < -0.4 is 10.1 Å². The van der Waals surface area contributed by atoms with Crippen molar-refractivity contribution < 1.29 is 4.74 Å². The van der Waals surface area contributed by atoms with Crippen molar-refractivity contribution in [3.05, 3.63) is 77.5 Å². The van der Waals surface area contributed by atoms with Crippen LogP contribution in [0.1, 0.15) is 29.7 Å². The molecule has 0 aliphatic carbocycles. The molecule has 150 valence electrons. The van der Waals surface area contributed by atoms with Crippen LogP contribution in [0.4, 0.5) is 5.95 Å². The number of aromatic nitrogens is 2. The molecule has 0 amide bonds. The summed E-state index contributed by atoms with van der Waals surface area (Å²) in [7, 11) is 0. The Morgan fingerprint density at radius 3 is 2.55 bits per heavy atom. The molecular formula is C24H28N4O. The Kier molecular flexibility index (Phi) is 6.37. The van der Waals surface area contributed by atoms with E-state index in [-0.39, 0.29) is 0 Å². The highest BCUT2D eigenvalue weighted by Gasteiger charge is 2.12. The first-order chi connectivity index (χ1) is 14.2. The lowest BCUT2D eigenvalue weighted by Crippen LogP contribution is -2.18. The zero-order valence-electron chi connectivity index (χ0n) is 17.0. The second-order valence-corrected chi connectivity index (χ2v) is 7.57. The minimum Gasteiger partial charge on any atom is -0.439 e. The summed E-state index contributed by atoms with van der Waals surface area (Å²) in [6.07, 6.45) is 3.53. The van der Waals surface area contributed by atoms with E-state index in [1.807, 2.05) is 31.2 Å². The topological polar surface area (TPSA) is 50.3 Å². The summed E-state index contributed by atoms with van der Waals surface area (Å²) in [4.78, 5) is 11.5. The van der Waals surface area contributed by atoms with Crippen LogP contribution in [0.15, 0.2) is 60.7 Å². The predicted octanol–water partition coefficient (Wildman–Crippen LogP) is 4.83. The number of nitrogens with zero attached hydrogens (tertiary/aromatic N) is 3. The molecule has 2 heterocycles. The van der Waals surface area contributed by atoms with Gasteiger partial charge in [0.15, 0.2) is 0 Å². The van der Waals surface area contributed by atoms with Crippen molar-refractivity contribution >= 4 is 5.95 Å². The van der Waals surface area contributed by atoms with E-state index in [1.165, 1.54) is 37.1 Å². The van der Waals surface area contributed by atoms with Gasteiger partial charge in [0.05, 0.1) is 0 Å². The van der Waals surface area contributed by atoms with Crippen LogP contribution in [0, 0.1) is 6.92 Å². The van der Waals surface area contributed by atoms with Gasteiger partial charge in [0.25, 0.3) is 0 Å². The van der Waals surface area contributed by atoms with Crippen molar-refractivity contribution in [1.29, 1.82) is 0 Å². The number of aryl methyl sites for hydroxylation is 1. The quantitative estimate of drug-likeness (QED) is 0.599. The van der Waals surface area contributed by atoms with Crippen molar-refractivity contribution in [1.82, 2.24) is 14.9 Å². The van der Waals surface area contributed by atoms with Gasteiger partial charge in [-0.05, 0) is 62.5 Å². The molecule has 4 rings (SSSR count). The monoisotopic (exact) mass is 388 g/mol. The summed E-state index contributed by atoms with van der Waals surface area (Å²) in [5, 5.41) is 3.31. The lowest BCUT2D eigenvalue weighted by molar-refractivity contribution is 0.331. The first kappa shape index (κ1) is 19.4. The third-order valence-electron chi connectivity index (χ3n) is 5.10. The Morgan fingerprint density at radius 2 is 1.72 bits per heavy atom. The van der Waals surface area contributed by atoms with Crippen molar-refractivity contribution in [3.8, 4) is 11.6 Å². The molecule has 0 atom stereocenters. The Morgan fingerprint density at radius 1 is 0.931 bits per heavy atom. The fourth-order valence-corrected chi connectivity index (χ4v) is 3.66. The summed E-state index contributed by atoms with van der Waals surface area (Å²) in [5.41, 5.74) is 3.45. The number of hydrogen-bond acceptors (Lipinski definition) is 5. The molecule has 1 aliphatic heterocycles. The zero-order chi connectivity index (χ0) is 19.9. The Hall–Kier alpha value is -2.92. The van der Waals surface area contributed by atoms with Gasteiger partial charge in [0.2, 0.25) is 11.8 Å². The lowest BCUT2D eigenvalue weighted by Gasteiger charge is -2.15. The molecule has 1 aromatic heterocycles. The fraction of sp³-hybridized carbons (Fsp3) is 0.333. The maximum absolute atomic E-state index is 6.06. The summed E-state index contributed by atoms with van der Waals surface area (Å²) >= 11 is 0. The number of likely N-dealkylation sites (tertiary alicyclic amines) is 1. The third-order valence-corrected chi connectivity index (χ3v) is 5.10. The molecule has 2 aromatic carbocycles. The third kappa shape index (κ3) is 5.78. The highest BCUT2D eigenvalue weighted by molar-refractivity contribution is 5.35. The van der Waals surface area contributed by atoms with Crippen molar-refractivity contribution in [2.24, 2.45) is 0 Å². The number of rotatable bonds is 8. The maximum Gasteiger partial charge on any atom is 0.226 e. The van der Waals surface area contributed by atoms with Crippen LogP contribution in [-0.4, -0.2) is 34.5 Å². The van der Waals surface area contributed by atoms with E-state index in [2.05, 4.69) is 56.6 Å². The average Bonchev–Trinajstić information content (AvgIpc) is 3.22. The van der Waals surface area contributed by atoms with Crippen molar-refractivity contribution in [3.63, 3.8) is 0 Å². The first-order valence-corrected chi connectivity index (χ1v) is 10.4. The fourth-order valence-electron chi connectivity index (χ4n) is 3.66. The average molecular weight is 389 g/mol. The number of nitrogens with one attached hydrogen (secondary N) is 1. The molecule has 0 bridgehead atoms. The van der Waals surface area contributed by atoms with Gasteiger partial charge in [-0.15, -0.1) is 0 Å². The van der Waals surface area contributed by atoms with E-state index >= 15 is 0 Å². The molecule has 1 saturated heterocycles. The minimum absolute atomic E-state index is 0.568. The molecule has 0 radical (unpaired) electrons. The predicted molar refractivity (Wildman–Crippen MR) is 116 cm³/mol. The van der Waals surface area contributed by atoms with Gasteiger partial charge in [-0.1, -0.05) is 42.5 Å². The summed E-state index contributed by atoms with van der Waals surface area (Å²) in [5.74, 6) is 1.98. The highest BCUT2D eigenvalue weighted by Crippen LogP contribution is 2.23. The Bertz CT molecular complexity index is 923. The largest absolute Gasteiger partial charge is 0.439 e. The molecule has 5 heteroatoms. The highest BCUT2D eigenvalue weighted by atomic mass is 16.5. The van der Waals surface area contributed by atoms with E-state index < -0.39 is 0 Å². The van der Waals surface area contributed by atoms with E-state index in [0.717, 1.165) is 31.0 Å². The molecule has 0 saturated carbocycles. The molecule has 0 unspecified atom stereocenters. The van der Waals surface area contributed by atoms with Crippen LogP contribution in [-0.2, 0) is 13.0 Å². The molecule has 1 aliphatic rings. The van der Waals surface area contributed by atoms with Crippen LogP contribution in [0.5, 0.6) is 11.6 Å². The molecule has 3 aromatic rings. The summed E-state index contributed by atoms with van der Waals surface area (Å²) in [6, 6.07) is 20.6. The molecule has 1 N–H and O–H groups in total. The van der Waals surface area contributed by atoms with Crippen LogP contribution in [0.2, 0.25) is 0 Å². The number of ether oxygens (including phenoxy) is 1. The van der Waals surface area contributed by atoms with Gasteiger partial charge in [-0.2, -0.15) is 4.98 Å². The molecule has 1 fully saturated rings. The Balaban J connectivity index is 1.38. The van der Waals surface area contributed by atoms with Crippen LogP contribution >= 0.6 is 0 Å². The normalized spacial score (nSPS) is 14.1. The van der Waals surface area contributed by atoms with E-state index in [4.69, 9.17) is 4.74 Å². The van der Waals surface area contributed by atoms with Crippen molar-refractivity contribution in [2.75, 3.05) is 25.0 Å². The molecule has 0 spiro atoms. The standard InChI is InChI=1S/C24H28N4O/c1-19-16-23(27-24(26-19)25-13-12-20-8-3-2-4-9-20)29-22-11-7-10-21(17-22)18-28-14-5-6-15-28/h2-4,7-11,16-17H,5-6,12-15,18H2,1H3,(H,25,26,27). The van der Waals surface area contributed by atoms with Gasteiger partial charge < -0.3 is 10.1 Å². The van der Waals surface area contributed by atoms with E-state index in [1.54, 1.807) is 0 Å². The van der Waals surface area contributed by atoms with Crippen molar-refractivity contribution in [2.45, 2.75) is 32.7 Å². The van der Waals surface area contributed by atoms with Gasteiger partial charge in [0.1, 0.15) is 5.75 Å². The van der Waals surface area contributed by atoms with E-state index in [9.17, 15) is 0 Å².